The van der Waals surface area contributed by atoms with Crippen molar-refractivity contribution in [3.8, 4) is 0 Å². The zero-order chi connectivity index (χ0) is 19.4. The molecule has 140 valence electrons. The second-order valence-electron chi connectivity index (χ2n) is 7.01. The fraction of sp³-hybridized carbons (Fsp3) is 0.227. The zero-order valence-electron chi connectivity index (χ0n) is 15.2. The Morgan fingerprint density at radius 3 is 2.26 bits per heavy atom. The van der Waals surface area contributed by atoms with Crippen molar-refractivity contribution in [2.45, 2.75) is 19.0 Å². The molecule has 3 aromatic rings. The molecule has 4 nitrogen and oxygen atoms in total. The molecular formula is C22H23O4P. The van der Waals surface area contributed by atoms with Crippen molar-refractivity contribution in [2.24, 2.45) is 5.92 Å². The minimum absolute atomic E-state index is 0.0118. The van der Waals surface area contributed by atoms with Gasteiger partial charge in [0.2, 0.25) is 7.37 Å². The average molecular weight is 382 g/mol. The molecule has 0 amide bonds. The van der Waals surface area contributed by atoms with Gasteiger partial charge in [-0.3, -0.25) is 9.36 Å². The van der Waals surface area contributed by atoms with E-state index in [-0.39, 0.29) is 18.2 Å². The molecule has 3 aromatic carbocycles. The monoisotopic (exact) mass is 382 g/mol. The highest BCUT2D eigenvalue weighted by Crippen LogP contribution is 2.48. The molecule has 3 rings (SSSR count). The van der Waals surface area contributed by atoms with Crippen molar-refractivity contribution in [3.05, 3.63) is 83.9 Å². The molecule has 3 unspecified atom stereocenters. The van der Waals surface area contributed by atoms with Gasteiger partial charge in [-0.2, -0.15) is 0 Å². The van der Waals surface area contributed by atoms with E-state index >= 15 is 0 Å². The number of aliphatic carboxylic acids is 1. The summed E-state index contributed by atoms with van der Waals surface area (Å²) in [6.07, 6.45) is -0.257. The molecule has 0 saturated heterocycles. The number of fused-ring (bicyclic) bond motifs is 1. The predicted octanol–water partition coefficient (Wildman–Crippen LogP) is 5.11. The molecule has 0 aliphatic carbocycles. The minimum atomic E-state index is -3.63. The maximum absolute atomic E-state index is 12.7. The van der Waals surface area contributed by atoms with E-state index in [0.29, 0.717) is 0 Å². The van der Waals surface area contributed by atoms with Crippen LogP contribution in [-0.2, 0) is 15.5 Å². The lowest BCUT2D eigenvalue weighted by atomic mass is 9.88. The summed E-state index contributed by atoms with van der Waals surface area (Å²) in [4.78, 5) is 22.3. The molecule has 2 N–H and O–H groups in total. The van der Waals surface area contributed by atoms with Gasteiger partial charge in [0, 0.05) is 12.3 Å². The fourth-order valence-corrected chi connectivity index (χ4v) is 5.41. The molecule has 0 aromatic heterocycles. The summed E-state index contributed by atoms with van der Waals surface area (Å²) in [6, 6.07) is 22.7. The Labute approximate surface area is 158 Å². The van der Waals surface area contributed by atoms with Crippen LogP contribution in [0.25, 0.3) is 10.8 Å². The summed E-state index contributed by atoms with van der Waals surface area (Å²) in [5, 5.41) is 11.8. The Balaban J connectivity index is 1.83. The summed E-state index contributed by atoms with van der Waals surface area (Å²) < 4.78 is 12.7. The lowest BCUT2D eigenvalue weighted by Crippen LogP contribution is -2.24. The third-order valence-electron chi connectivity index (χ3n) is 4.97. The number of rotatable bonds is 7. The van der Waals surface area contributed by atoms with Gasteiger partial charge in [0.1, 0.15) is 0 Å². The maximum Gasteiger partial charge on any atom is 0.307 e. The second kappa shape index (κ2) is 8.08. The molecule has 0 aliphatic heterocycles. The van der Waals surface area contributed by atoms with Crippen LogP contribution in [0.5, 0.6) is 0 Å². The van der Waals surface area contributed by atoms with Gasteiger partial charge >= 0.3 is 5.97 Å². The number of hydrogen-bond acceptors (Lipinski definition) is 2. The van der Waals surface area contributed by atoms with Gasteiger partial charge in [-0.05, 0) is 27.8 Å². The first kappa shape index (κ1) is 19.3. The average Bonchev–Trinajstić information content (AvgIpc) is 2.65. The summed E-state index contributed by atoms with van der Waals surface area (Å²) in [5.74, 6) is -2.34. The van der Waals surface area contributed by atoms with Gasteiger partial charge in [-0.15, -0.1) is 0 Å². The highest BCUT2D eigenvalue weighted by atomic mass is 31.2. The Morgan fingerprint density at radius 2 is 1.59 bits per heavy atom. The Hall–Kier alpha value is -2.42. The van der Waals surface area contributed by atoms with E-state index in [4.69, 9.17) is 0 Å². The topological polar surface area (TPSA) is 74.6 Å². The van der Waals surface area contributed by atoms with Gasteiger partial charge in [-0.25, -0.2) is 0 Å². The van der Waals surface area contributed by atoms with Crippen LogP contribution in [0.3, 0.4) is 0 Å². The van der Waals surface area contributed by atoms with Gasteiger partial charge in [0.15, 0.2) is 0 Å². The van der Waals surface area contributed by atoms with Crippen LogP contribution in [0, 0.1) is 5.92 Å². The number of carboxylic acids is 1. The predicted molar refractivity (Wildman–Crippen MR) is 108 cm³/mol. The molecule has 0 saturated carbocycles. The third kappa shape index (κ3) is 4.85. The SMILES string of the molecule is CC(c1ccc2ccccc2c1)C(CP(=O)(O)Cc1ccccc1)C(=O)O. The summed E-state index contributed by atoms with van der Waals surface area (Å²) in [6.45, 7) is 1.81. The first-order valence-electron chi connectivity index (χ1n) is 8.92. The van der Waals surface area contributed by atoms with Gasteiger partial charge in [-0.1, -0.05) is 79.7 Å². The lowest BCUT2D eigenvalue weighted by molar-refractivity contribution is -0.141. The Kier molecular flexibility index (Phi) is 5.79. The Bertz CT molecular complexity index is 984. The summed E-state index contributed by atoms with van der Waals surface area (Å²) in [7, 11) is -3.63. The maximum atomic E-state index is 12.7. The minimum Gasteiger partial charge on any atom is -0.481 e. The standard InChI is InChI=1S/C22H23O4P/c1-16(19-12-11-18-9-5-6-10-20(18)13-19)21(22(23)24)15-27(25,26)14-17-7-3-2-4-8-17/h2-13,16,21H,14-15H2,1H3,(H,23,24)(H,25,26). The molecule has 3 atom stereocenters. The zero-order valence-corrected chi connectivity index (χ0v) is 16.0. The normalized spacial score (nSPS) is 15.8. The van der Waals surface area contributed by atoms with Gasteiger partial charge < -0.3 is 10.00 Å². The Morgan fingerprint density at radius 1 is 0.963 bits per heavy atom. The molecule has 0 radical (unpaired) electrons. The van der Waals surface area contributed by atoms with Crippen molar-refractivity contribution in [1.29, 1.82) is 0 Å². The van der Waals surface area contributed by atoms with Crippen molar-refractivity contribution in [1.82, 2.24) is 0 Å². The molecule has 0 heterocycles. The number of carboxylic acid groups (broad SMARTS) is 1. The van der Waals surface area contributed by atoms with E-state index in [0.717, 1.165) is 21.9 Å². The highest BCUT2D eigenvalue weighted by Gasteiger charge is 2.33. The molecule has 0 bridgehead atoms. The van der Waals surface area contributed by atoms with Crippen LogP contribution in [0.15, 0.2) is 72.8 Å². The molecule has 27 heavy (non-hydrogen) atoms. The van der Waals surface area contributed by atoms with E-state index in [1.54, 1.807) is 12.1 Å². The van der Waals surface area contributed by atoms with Crippen molar-refractivity contribution in [3.63, 3.8) is 0 Å². The lowest BCUT2D eigenvalue weighted by Gasteiger charge is -2.23. The third-order valence-corrected chi connectivity index (χ3v) is 6.80. The van der Waals surface area contributed by atoms with Crippen LogP contribution < -0.4 is 0 Å². The van der Waals surface area contributed by atoms with Crippen LogP contribution in [0.2, 0.25) is 0 Å². The van der Waals surface area contributed by atoms with Crippen molar-refractivity contribution in [2.75, 3.05) is 6.16 Å². The largest absolute Gasteiger partial charge is 0.481 e. The number of hydrogen-bond donors (Lipinski definition) is 2. The fourth-order valence-electron chi connectivity index (χ4n) is 3.41. The summed E-state index contributed by atoms with van der Waals surface area (Å²) in [5.41, 5.74) is 1.60. The van der Waals surface area contributed by atoms with Gasteiger partial charge in [0.05, 0.1) is 5.92 Å². The quantitative estimate of drug-likeness (QED) is 0.557. The molecule has 5 heteroatoms. The van der Waals surface area contributed by atoms with E-state index in [2.05, 4.69) is 0 Å². The van der Waals surface area contributed by atoms with Crippen LogP contribution >= 0.6 is 7.37 Å². The number of benzene rings is 3. The van der Waals surface area contributed by atoms with E-state index in [9.17, 15) is 19.4 Å². The first-order chi connectivity index (χ1) is 12.9. The summed E-state index contributed by atoms with van der Waals surface area (Å²) >= 11 is 0. The van der Waals surface area contributed by atoms with Crippen molar-refractivity contribution >= 4 is 24.1 Å². The molecule has 0 spiro atoms. The van der Waals surface area contributed by atoms with Crippen LogP contribution in [0.1, 0.15) is 24.0 Å². The number of carbonyl (C=O) groups is 1. The van der Waals surface area contributed by atoms with Gasteiger partial charge in [0.25, 0.3) is 0 Å². The molecule has 0 fully saturated rings. The van der Waals surface area contributed by atoms with Crippen LogP contribution in [-0.4, -0.2) is 22.1 Å². The smallest absolute Gasteiger partial charge is 0.307 e. The van der Waals surface area contributed by atoms with E-state index in [1.165, 1.54) is 0 Å². The van der Waals surface area contributed by atoms with Crippen molar-refractivity contribution < 1.29 is 19.4 Å². The van der Waals surface area contributed by atoms with Crippen LogP contribution in [0.4, 0.5) is 0 Å². The first-order valence-corrected chi connectivity index (χ1v) is 10.9. The highest BCUT2D eigenvalue weighted by molar-refractivity contribution is 7.57. The van der Waals surface area contributed by atoms with E-state index < -0.39 is 19.3 Å². The molecular weight excluding hydrogens is 359 g/mol. The van der Waals surface area contributed by atoms with E-state index in [1.807, 2.05) is 67.6 Å². The molecule has 0 aliphatic rings. The second-order valence-corrected chi connectivity index (χ2v) is 9.39.